The molecule has 0 bridgehead atoms. The van der Waals surface area contributed by atoms with Gasteiger partial charge in [0.25, 0.3) is 0 Å². The van der Waals surface area contributed by atoms with Crippen molar-refractivity contribution in [2.45, 2.75) is 18.7 Å². The fourth-order valence-electron chi connectivity index (χ4n) is 1.24. The van der Waals surface area contributed by atoms with Crippen molar-refractivity contribution in [1.29, 1.82) is 0 Å². The van der Waals surface area contributed by atoms with E-state index >= 15 is 0 Å². The van der Waals surface area contributed by atoms with Gasteiger partial charge >= 0.3 is 0 Å². The van der Waals surface area contributed by atoms with Crippen molar-refractivity contribution in [3.63, 3.8) is 0 Å². The van der Waals surface area contributed by atoms with Gasteiger partial charge in [0.15, 0.2) is 5.69 Å². The molecular weight excluding hydrogens is 225 g/mol. The molecule has 0 fully saturated rings. The van der Waals surface area contributed by atoms with Crippen LogP contribution in [-0.2, 0) is 11.8 Å². The Bertz CT molecular complexity index is 304. The Kier molecular flexibility index (Phi) is 4.16. The smallest absolute Gasteiger partial charge is 0.164 e. The van der Waals surface area contributed by atoms with Crippen molar-refractivity contribution in [1.82, 2.24) is 0 Å². The van der Waals surface area contributed by atoms with E-state index in [4.69, 9.17) is 28.4 Å². The van der Waals surface area contributed by atoms with Crippen molar-refractivity contribution in [3.05, 3.63) is 34.0 Å². The maximum atomic E-state index is 10.8. The van der Waals surface area contributed by atoms with Gasteiger partial charge in [-0.25, -0.2) is 5.21 Å². The molecule has 0 radical (unpaired) electrons. The molecule has 2 N–H and O–H groups in total. The van der Waals surface area contributed by atoms with Gasteiger partial charge in [-0.2, -0.15) is 5.23 Å². The van der Waals surface area contributed by atoms with Crippen LogP contribution in [-0.4, -0.2) is 5.21 Å². The first kappa shape index (κ1) is 11.8. The first-order chi connectivity index (χ1) is 6.60. The third kappa shape index (κ3) is 2.38. The minimum Gasteiger partial charge on any atom is -0.595 e. The Labute approximate surface area is 92.4 Å². The van der Waals surface area contributed by atoms with E-state index in [0.29, 0.717) is 11.8 Å². The van der Waals surface area contributed by atoms with Crippen molar-refractivity contribution < 1.29 is 10.4 Å². The molecular formula is C9H11Cl2NO2. The zero-order valence-electron chi connectivity index (χ0n) is 7.68. The summed E-state index contributed by atoms with van der Waals surface area (Å²) >= 11 is 11.4. The van der Waals surface area contributed by atoms with E-state index in [1.807, 2.05) is 6.92 Å². The van der Waals surface area contributed by atoms with E-state index in [0.717, 1.165) is 16.7 Å². The highest BCUT2D eigenvalue weighted by molar-refractivity contribution is 6.18. The number of nitrogens with one attached hydrogen (secondary N) is 1. The molecule has 0 aromatic heterocycles. The summed E-state index contributed by atoms with van der Waals surface area (Å²) in [6.45, 7) is 1.89. The average Bonchev–Trinajstić information content (AvgIpc) is 2.17. The molecule has 1 aromatic rings. The fourth-order valence-corrected chi connectivity index (χ4v) is 1.80. The molecule has 0 saturated carbocycles. The molecule has 0 aliphatic rings. The maximum Gasteiger partial charge on any atom is 0.164 e. The number of alkyl halides is 2. The van der Waals surface area contributed by atoms with Crippen molar-refractivity contribution in [2.24, 2.45) is 0 Å². The molecule has 0 aliphatic heterocycles. The van der Waals surface area contributed by atoms with Gasteiger partial charge in [0.2, 0.25) is 0 Å². The molecule has 1 unspecified atom stereocenters. The average molecular weight is 236 g/mol. The summed E-state index contributed by atoms with van der Waals surface area (Å²) in [5.41, 5.74) is 2.85. The van der Waals surface area contributed by atoms with Crippen LogP contribution in [0, 0.1) is 12.1 Å². The molecule has 0 heterocycles. The number of rotatable bonds is 3. The third-order valence-corrected chi connectivity index (χ3v) is 2.73. The quantitative estimate of drug-likeness (QED) is 0.621. The molecule has 0 amide bonds. The second kappa shape index (κ2) is 4.96. The number of halogens is 2. The van der Waals surface area contributed by atoms with E-state index in [2.05, 4.69) is 0 Å². The molecule has 1 atom stereocenters. The number of quaternary nitrogens is 1. The van der Waals surface area contributed by atoms with Gasteiger partial charge in [-0.05, 0) is 23.6 Å². The lowest BCUT2D eigenvalue weighted by molar-refractivity contribution is -0.991. The second-order valence-electron chi connectivity index (χ2n) is 2.99. The van der Waals surface area contributed by atoms with Gasteiger partial charge in [0.1, 0.15) is 0 Å². The molecule has 1 rings (SSSR count). The van der Waals surface area contributed by atoms with Gasteiger partial charge in [0, 0.05) is 23.9 Å². The number of hydrogen-bond acceptors (Lipinski definition) is 2. The minimum atomic E-state index is -0.956. The van der Waals surface area contributed by atoms with Crippen LogP contribution in [0.1, 0.15) is 16.7 Å². The zero-order valence-corrected chi connectivity index (χ0v) is 9.19. The lowest BCUT2D eigenvalue weighted by atomic mass is 10.0. The van der Waals surface area contributed by atoms with Crippen LogP contribution in [0.3, 0.4) is 0 Å². The predicted octanol–water partition coefficient (Wildman–Crippen LogP) is 1.88. The lowest BCUT2D eigenvalue weighted by Gasteiger charge is -2.15. The minimum absolute atomic E-state index is 0.238. The normalized spacial score (nSPS) is 12.9. The SMILES string of the molecule is Cc1c(CCl)cc([NH+]([O-])O)cc1CCl. The van der Waals surface area contributed by atoms with Gasteiger partial charge in [-0.1, -0.05) is 0 Å². The fraction of sp³-hybridized carbons (Fsp3) is 0.333. The van der Waals surface area contributed by atoms with Crippen LogP contribution < -0.4 is 5.23 Å². The Morgan fingerprint density at radius 2 is 1.71 bits per heavy atom. The highest BCUT2D eigenvalue weighted by Gasteiger charge is 2.09. The predicted molar refractivity (Wildman–Crippen MR) is 56.1 cm³/mol. The largest absolute Gasteiger partial charge is 0.595 e. The van der Waals surface area contributed by atoms with Gasteiger partial charge in [-0.3, -0.25) is 0 Å². The van der Waals surface area contributed by atoms with E-state index in [9.17, 15) is 5.21 Å². The van der Waals surface area contributed by atoms with Crippen LogP contribution in [0.2, 0.25) is 0 Å². The summed E-state index contributed by atoms with van der Waals surface area (Å²) in [7, 11) is 0. The van der Waals surface area contributed by atoms with Gasteiger partial charge in [-0.15, -0.1) is 23.2 Å². The van der Waals surface area contributed by atoms with Gasteiger partial charge in [0.05, 0.1) is 0 Å². The van der Waals surface area contributed by atoms with E-state index in [1.54, 1.807) is 12.1 Å². The van der Waals surface area contributed by atoms with E-state index < -0.39 is 5.23 Å². The monoisotopic (exact) mass is 235 g/mol. The third-order valence-electron chi connectivity index (χ3n) is 2.16. The Morgan fingerprint density at radius 1 is 1.29 bits per heavy atom. The summed E-state index contributed by atoms with van der Waals surface area (Å²) in [6, 6.07) is 3.17. The topological polar surface area (TPSA) is 47.7 Å². The summed E-state index contributed by atoms with van der Waals surface area (Å²) in [6.07, 6.45) is 0. The highest BCUT2D eigenvalue weighted by Crippen LogP contribution is 2.21. The lowest BCUT2D eigenvalue weighted by Crippen LogP contribution is -2.99. The zero-order chi connectivity index (χ0) is 10.7. The Hall–Kier alpha value is -0.320. The number of benzene rings is 1. The van der Waals surface area contributed by atoms with Gasteiger partial charge < -0.3 is 5.21 Å². The first-order valence-electron chi connectivity index (χ1n) is 4.07. The number of hydrogen-bond donors (Lipinski definition) is 2. The van der Waals surface area contributed by atoms with Crippen LogP contribution >= 0.6 is 23.2 Å². The van der Waals surface area contributed by atoms with Crippen LogP contribution in [0.4, 0.5) is 5.69 Å². The molecule has 5 heteroatoms. The Morgan fingerprint density at radius 3 is 2.00 bits per heavy atom. The Balaban J connectivity index is 3.25. The molecule has 0 spiro atoms. The first-order valence-corrected chi connectivity index (χ1v) is 5.14. The van der Waals surface area contributed by atoms with Crippen molar-refractivity contribution >= 4 is 28.9 Å². The maximum absolute atomic E-state index is 10.8. The molecule has 0 aliphatic carbocycles. The molecule has 78 valence electrons. The van der Waals surface area contributed by atoms with Crippen LogP contribution in [0.25, 0.3) is 0 Å². The summed E-state index contributed by atoms with van der Waals surface area (Å²) in [5, 5.41) is 18.6. The summed E-state index contributed by atoms with van der Waals surface area (Å²) in [4.78, 5) is 0. The van der Waals surface area contributed by atoms with E-state index in [1.165, 1.54) is 0 Å². The second-order valence-corrected chi connectivity index (χ2v) is 3.53. The highest BCUT2D eigenvalue weighted by atomic mass is 35.5. The summed E-state index contributed by atoms with van der Waals surface area (Å²) in [5.74, 6) is 0.605. The summed E-state index contributed by atoms with van der Waals surface area (Å²) < 4.78 is 0. The van der Waals surface area contributed by atoms with Crippen molar-refractivity contribution in [2.75, 3.05) is 0 Å². The molecule has 1 aromatic carbocycles. The molecule has 3 nitrogen and oxygen atoms in total. The molecule has 0 saturated heterocycles. The van der Waals surface area contributed by atoms with Crippen molar-refractivity contribution in [3.8, 4) is 0 Å². The van der Waals surface area contributed by atoms with E-state index in [-0.39, 0.29) is 5.69 Å². The standard InChI is InChI=1S/C9H11Cl2NO2/c1-6-7(4-10)2-9(12(13)14)3-8(6)5-11/h2-3,12-13H,4-5H2,1H3. The van der Waals surface area contributed by atoms with Crippen LogP contribution in [0.15, 0.2) is 12.1 Å². The molecule has 14 heavy (non-hydrogen) atoms. The van der Waals surface area contributed by atoms with Crippen LogP contribution in [0.5, 0.6) is 0 Å².